The monoisotopic (exact) mass is 251 g/mol. The Balaban J connectivity index is 2.06. The Morgan fingerprint density at radius 2 is 2.05 bits per heavy atom. The van der Waals surface area contributed by atoms with Crippen LogP contribution in [0.3, 0.4) is 0 Å². The van der Waals surface area contributed by atoms with E-state index in [9.17, 15) is 4.39 Å². The van der Waals surface area contributed by atoms with Gasteiger partial charge in [0.1, 0.15) is 5.82 Å². The molecule has 3 aromatic rings. The number of hydrogen-bond acceptors (Lipinski definition) is 2. The van der Waals surface area contributed by atoms with Crippen LogP contribution in [-0.4, -0.2) is 9.55 Å². The van der Waals surface area contributed by atoms with Crippen LogP contribution in [0.5, 0.6) is 0 Å². The Labute approximate surface area is 109 Å². The van der Waals surface area contributed by atoms with Gasteiger partial charge in [-0.15, -0.1) is 0 Å². The highest BCUT2D eigenvalue weighted by atomic mass is 19.1. The van der Waals surface area contributed by atoms with Gasteiger partial charge in [-0.25, -0.2) is 9.37 Å². The first-order valence-electron chi connectivity index (χ1n) is 5.86. The van der Waals surface area contributed by atoms with Gasteiger partial charge in [0.2, 0.25) is 0 Å². The second-order valence-corrected chi connectivity index (χ2v) is 4.27. The third kappa shape index (κ3) is 2.06. The lowest BCUT2D eigenvalue weighted by Gasteiger charge is -2.06. The summed E-state index contributed by atoms with van der Waals surface area (Å²) in [4.78, 5) is 4.28. The van der Waals surface area contributed by atoms with Crippen molar-refractivity contribution < 1.29 is 4.39 Å². The van der Waals surface area contributed by atoms with E-state index < -0.39 is 0 Å². The summed E-state index contributed by atoms with van der Waals surface area (Å²) >= 11 is 0. The van der Waals surface area contributed by atoms with E-state index in [1.165, 1.54) is 18.2 Å². The molecule has 2 aromatic carbocycles. The van der Waals surface area contributed by atoms with Crippen LogP contribution in [0, 0.1) is 17.1 Å². The minimum atomic E-state index is -0.335. The van der Waals surface area contributed by atoms with Crippen molar-refractivity contribution in [3.05, 3.63) is 65.7 Å². The van der Waals surface area contributed by atoms with Gasteiger partial charge in [-0.1, -0.05) is 12.1 Å². The largest absolute Gasteiger partial charge is 0.326 e. The number of aromatic nitrogens is 2. The molecule has 1 aromatic heterocycles. The first kappa shape index (κ1) is 11.4. The zero-order valence-corrected chi connectivity index (χ0v) is 10.0. The molecule has 0 saturated carbocycles. The van der Waals surface area contributed by atoms with E-state index in [0.29, 0.717) is 17.7 Å². The summed E-state index contributed by atoms with van der Waals surface area (Å²) in [7, 11) is 0. The van der Waals surface area contributed by atoms with Crippen LogP contribution in [0.2, 0.25) is 0 Å². The molecule has 0 atom stereocenters. The van der Waals surface area contributed by atoms with Crippen LogP contribution in [0.1, 0.15) is 11.1 Å². The number of hydrogen-bond donors (Lipinski definition) is 0. The fourth-order valence-electron chi connectivity index (χ4n) is 2.12. The number of fused-ring (bicyclic) bond motifs is 1. The SMILES string of the molecule is N#Cc1ccc(F)cc1Cn1cnc2ccccc21. The Morgan fingerprint density at radius 1 is 1.21 bits per heavy atom. The molecule has 1 heterocycles. The fraction of sp³-hybridized carbons (Fsp3) is 0.0667. The summed E-state index contributed by atoms with van der Waals surface area (Å²) < 4.78 is 15.2. The number of imidazole rings is 1. The number of nitrogens with zero attached hydrogens (tertiary/aromatic N) is 3. The van der Waals surface area contributed by atoms with Crippen molar-refractivity contribution in [2.24, 2.45) is 0 Å². The zero-order valence-electron chi connectivity index (χ0n) is 10.0. The minimum absolute atomic E-state index is 0.335. The molecule has 0 amide bonds. The average molecular weight is 251 g/mol. The van der Waals surface area contributed by atoms with Crippen molar-refractivity contribution in [3.63, 3.8) is 0 Å². The van der Waals surface area contributed by atoms with Crippen LogP contribution in [0.25, 0.3) is 11.0 Å². The van der Waals surface area contributed by atoms with Crippen LogP contribution >= 0.6 is 0 Å². The highest BCUT2D eigenvalue weighted by molar-refractivity contribution is 5.75. The number of para-hydroxylation sites is 2. The molecule has 0 aliphatic heterocycles. The van der Waals surface area contributed by atoms with Gasteiger partial charge in [-0.05, 0) is 35.9 Å². The molecule has 92 valence electrons. The van der Waals surface area contributed by atoms with Crippen LogP contribution in [-0.2, 0) is 6.54 Å². The highest BCUT2D eigenvalue weighted by Gasteiger charge is 2.07. The molecule has 0 saturated heterocycles. The van der Waals surface area contributed by atoms with Crippen molar-refractivity contribution in [1.29, 1.82) is 5.26 Å². The number of rotatable bonds is 2. The van der Waals surface area contributed by atoms with E-state index in [-0.39, 0.29) is 5.82 Å². The summed E-state index contributed by atoms with van der Waals surface area (Å²) in [5.41, 5.74) is 3.00. The van der Waals surface area contributed by atoms with Crippen LogP contribution < -0.4 is 0 Å². The van der Waals surface area contributed by atoms with Gasteiger partial charge in [-0.2, -0.15) is 5.26 Å². The van der Waals surface area contributed by atoms with Crippen molar-refractivity contribution in [1.82, 2.24) is 9.55 Å². The normalized spacial score (nSPS) is 10.5. The molecule has 0 bridgehead atoms. The molecule has 0 fully saturated rings. The van der Waals surface area contributed by atoms with E-state index >= 15 is 0 Å². The second kappa shape index (κ2) is 4.54. The number of benzene rings is 2. The van der Waals surface area contributed by atoms with Crippen LogP contribution in [0.4, 0.5) is 4.39 Å². The molecule has 0 aliphatic carbocycles. The molecule has 0 unspecified atom stereocenters. The first-order valence-corrected chi connectivity index (χ1v) is 5.86. The van der Waals surface area contributed by atoms with Gasteiger partial charge >= 0.3 is 0 Å². The molecular weight excluding hydrogens is 241 g/mol. The lowest BCUT2D eigenvalue weighted by atomic mass is 10.1. The minimum Gasteiger partial charge on any atom is -0.326 e. The Hall–Kier alpha value is -2.67. The third-order valence-electron chi connectivity index (χ3n) is 3.06. The van der Waals surface area contributed by atoms with Gasteiger partial charge in [0.15, 0.2) is 0 Å². The van der Waals surface area contributed by atoms with Gasteiger partial charge < -0.3 is 4.57 Å². The smallest absolute Gasteiger partial charge is 0.123 e. The van der Waals surface area contributed by atoms with Crippen molar-refractivity contribution in [3.8, 4) is 6.07 Å². The average Bonchev–Trinajstić information content (AvgIpc) is 2.83. The van der Waals surface area contributed by atoms with Gasteiger partial charge in [-0.3, -0.25) is 0 Å². The van der Waals surface area contributed by atoms with E-state index in [4.69, 9.17) is 5.26 Å². The van der Waals surface area contributed by atoms with Gasteiger partial charge in [0, 0.05) is 0 Å². The molecule has 3 nitrogen and oxygen atoms in total. The second-order valence-electron chi connectivity index (χ2n) is 4.27. The predicted octanol–water partition coefficient (Wildman–Crippen LogP) is 3.10. The maximum absolute atomic E-state index is 13.3. The Kier molecular flexibility index (Phi) is 2.73. The molecule has 3 rings (SSSR count). The summed E-state index contributed by atoms with van der Waals surface area (Å²) in [6, 6.07) is 14.0. The maximum Gasteiger partial charge on any atom is 0.123 e. The maximum atomic E-state index is 13.3. The van der Waals surface area contributed by atoms with E-state index in [0.717, 1.165) is 11.0 Å². The van der Waals surface area contributed by atoms with Crippen molar-refractivity contribution in [2.75, 3.05) is 0 Å². The molecule has 0 radical (unpaired) electrons. The van der Waals surface area contributed by atoms with Crippen LogP contribution in [0.15, 0.2) is 48.8 Å². The number of halogens is 1. The predicted molar refractivity (Wildman–Crippen MR) is 70.0 cm³/mol. The molecule has 0 aliphatic rings. The standard InChI is InChI=1S/C15H10FN3/c16-13-6-5-11(8-17)12(7-13)9-19-10-18-14-3-1-2-4-15(14)19/h1-7,10H,9H2. The van der Waals surface area contributed by atoms with E-state index in [2.05, 4.69) is 11.1 Å². The quantitative estimate of drug-likeness (QED) is 0.702. The number of nitriles is 1. The third-order valence-corrected chi connectivity index (χ3v) is 3.06. The van der Waals surface area contributed by atoms with Gasteiger partial charge in [0.25, 0.3) is 0 Å². The summed E-state index contributed by atoms with van der Waals surface area (Å²) in [6.45, 7) is 0.432. The lowest BCUT2D eigenvalue weighted by molar-refractivity contribution is 0.623. The summed E-state index contributed by atoms with van der Waals surface area (Å²) in [5.74, 6) is -0.335. The van der Waals surface area contributed by atoms with Crippen molar-refractivity contribution >= 4 is 11.0 Å². The van der Waals surface area contributed by atoms with E-state index in [1.807, 2.05) is 28.8 Å². The Morgan fingerprint density at radius 3 is 2.89 bits per heavy atom. The molecule has 0 spiro atoms. The summed E-state index contributed by atoms with van der Waals surface area (Å²) in [6.07, 6.45) is 1.71. The highest BCUT2D eigenvalue weighted by Crippen LogP contribution is 2.17. The lowest BCUT2D eigenvalue weighted by Crippen LogP contribution is -2.01. The van der Waals surface area contributed by atoms with Crippen molar-refractivity contribution in [2.45, 2.75) is 6.54 Å². The zero-order chi connectivity index (χ0) is 13.2. The van der Waals surface area contributed by atoms with E-state index in [1.54, 1.807) is 6.33 Å². The first-order chi connectivity index (χ1) is 9.28. The fourth-order valence-corrected chi connectivity index (χ4v) is 2.12. The molecule has 0 N–H and O–H groups in total. The summed E-state index contributed by atoms with van der Waals surface area (Å²) in [5, 5.41) is 9.05. The molecular formula is C15H10FN3. The van der Waals surface area contributed by atoms with Gasteiger partial charge in [0.05, 0.1) is 35.5 Å². The Bertz CT molecular complexity index is 783. The molecule has 19 heavy (non-hydrogen) atoms. The topological polar surface area (TPSA) is 41.6 Å². The molecule has 4 heteroatoms.